The molecule has 3 rings (SSSR count). The highest BCUT2D eigenvalue weighted by Crippen LogP contribution is 2.25. The average molecular weight is 334 g/mol. The predicted molar refractivity (Wildman–Crippen MR) is 89.0 cm³/mol. The summed E-state index contributed by atoms with van der Waals surface area (Å²) in [7, 11) is 1.69. The molecule has 0 saturated carbocycles. The van der Waals surface area contributed by atoms with Crippen LogP contribution in [0.5, 0.6) is 0 Å². The Morgan fingerprint density at radius 2 is 2.39 bits per heavy atom. The highest BCUT2D eigenvalue weighted by molar-refractivity contribution is 6.30. The second-order valence-corrected chi connectivity index (χ2v) is 6.25. The molecule has 1 saturated heterocycles. The summed E-state index contributed by atoms with van der Waals surface area (Å²) < 4.78 is 5.84. The summed E-state index contributed by atoms with van der Waals surface area (Å²) >= 11 is 6.01. The fourth-order valence-corrected chi connectivity index (χ4v) is 3.16. The second kappa shape index (κ2) is 7.15. The van der Waals surface area contributed by atoms with Gasteiger partial charge in [-0.25, -0.2) is 4.98 Å². The summed E-state index contributed by atoms with van der Waals surface area (Å²) in [6.45, 7) is 2.32. The molecule has 0 bridgehead atoms. The molecule has 6 heteroatoms. The number of hydrogen-bond donors (Lipinski definition) is 1. The van der Waals surface area contributed by atoms with Crippen molar-refractivity contribution in [1.29, 1.82) is 0 Å². The standard InChI is InChI=1S/C17H20ClN3O2/c1-19-17(22)13-5-3-7-21(10-13)11-16-20-9-15(23-16)12-4-2-6-14(18)8-12/h2,4,6,8-9,13H,3,5,7,10-11H2,1H3,(H,19,22). The lowest BCUT2D eigenvalue weighted by Crippen LogP contribution is -2.41. The van der Waals surface area contributed by atoms with E-state index in [0.29, 0.717) is 23.2 Å². The lowest BCUT2D eigenvalue weighted by molar-refractivity contribution is -0.126. The van der Waals surface area contributed by atoms with E-state index in [1.54, 1.807) is 13.2 Å². The van der Waals surface area contributed by atoms with Gasteiger partial charge in [0.15, 0.2) is 5.76 Å². The number of benzene rings is 1. The van der Waals surface area contributed by atoms with Crippen molar-refractivity contribution in [2.75, 3.05) is 20.1 Å². The maximum absolute atomic E-state index is 11.8. The van der Waals surface area contributed by atoms with Crippen molar-refractivity contribution in [1.82, 2.24) is 15.2 Å². The first-order valence-corrected chi connectivity index (χ1v) is 8.18. The van der Waals surface area contributed by atoms with Crippen molar-refractivity contribution in [2.45, 2.75) is 19.4 Å². The van der Waals surface area contributed by atoms with E-state index >= 15 is 0 Å². The molecule has 0 aliphatic carbocycles. The minimum absolute atomic E-state index is 0.0520. The zero-order valence-corrected chi connectivity index (χ0v) is 13.8. The first kappa shape index (κ1) is 16.0. The van der Waals surface area contributed by atoms with Crippen molar-refractivity contribution in [3.05, 3.63) is 41.4 Å². The highest BCUT2D eigenvalue weighted by atomic mass is 35.5. The van der Waals surface area contributed by atoms with Gasteiger partial charge in [0.25, 0.3) is 0 Å². The van der Waals surface area contributed by atoms with Crippen molar-refractivity contribution < 1.29 is 9.21 Å². The zero-order chi connectivity index (χ0) is 16.2. The van der Waals surface area contributed by atoms with Gasteiger partial charge in [-0.2, -0.15) is 0 Å². The molecule has 122 valence electrons. The number of amides is 1. The van der Waals surface area contributed by atoms with E-state index in [2.05, 4.69) is 15.2 Å². The lowest BCUT2D eigenvalue weighted by Gasteiger charge is -2.30. The van der Waals surface area contributed by atoms with E-state index in [4.69, 9.17) is 16.0 Å². The molecule has 1 unspecified atom stereocenters. The molecule has 5 nitrogen and oxygen atoms in total. The van der Waals surface area contributed by atoms with Gasteiger partial charge in [-0.05, 0) is 31.5 Å². The minimum Gasteiger partial charge on any atom is -0.439 e. The molecular formula is C17H20ClN3O2. The zero-order valence-electron chi connectivity index (χ0n) is 13.1. The van der Waals surface area contributed by atoms with Crippen LogP contribution in [0.4, 0.5) is 0 Å². The van der Waals surface area contributed by atoms with Crippen LogP contribution in [0.25, 0.3) is 11.3 Å². The third-order valence-electron chi connectivity index (χ3n) is 4.14. The van der Waals surface area contributed by atoms with Gasteiger partial charge in [0, 0.05) is 24.2 Å². The number of nitrogens with zero attached hydrogens (tertiary/aromatic N) is 2. The molecular weight excluding hydrogens is 314 g/mol. The Morgan fingerprint density at radius 1 is 1.52 bits per heavy atom. The van der Waals surface area contributed by atoms with E-state index in [1.165, 1.54) is 0 Å². The van der Waals surface area contributed by atoms with E-state index in [-0.39, 0.29) is 11.8 Å². The maximum Gasteiger partial charge on any atom is 0.224 e. The monoisotopic (exact) mass is 333 g/mol. The Kier molecular flexibility index (Phi) is 4.98. The second-order valence-electron chi connectivity index (χ2n) is 5.82. The summed E-state index contributed by atoms with van der Waals surface area (Å²) in [5.74, 6) is 1.54. The van der Waals surface area contributed by atoms with Gasteiger partial charge in [-0.3, -0.25) is 9.69 Å². The topological polar surface area (TPSA) is 58.4 Å². The number of carbonyl (C=O) groups is 1. The molecule has 1 fully saturated rings. The summed E-state index contributed by atoms with van der Waals surface area (Å²) in [5.41, 5.74) is 0.915. The van der Waals surface area contributed by atoms with E-state index in [0.717, 1.165) is 31.5 Å². The van der Waals surface area contributed by atoms with Crippen LogP contribution in [0.1, 0.15) is 18.7 Å². The van der Waals surface area contributed by atoms with Crippen molar-refractivity contribution >= 4 is 17.5 Å². The van der Waals surface area contributed by atoms with Crippen LogP contribution in [0.2, 0.25) is 5.02 Å². The number of hydrogen-bond acceptors (Lipinski definition) is 4. The Bertz CT molecular complexity index is 686. The number of nitrogens with one attached hydrogen (secondary N) is 1. The number of rotatable bonds is 4. The van der Waals surface area contributed by atoms with Gasteiger partial charge in [-0.15, -0.1) is 0 Å². The van der Waals surface area contributed by atoms with Gasteiger partial charge in [0.1, 0.15) is 0 Å². The molecule has 1 aromatic carbocycles. The van der Waals surface area contributed by atoms with E-state index in [9.17, 15) is 4.79 Å². The van der Waals surface area contributed by atoms with Crippen LogP contribution in [-0.4, -0.2) is 35.9 Å². The SMILES string of the molecule is CNC(=O)C1CCCN(Cc2ncc(-c3cccc(Cl)c3)o2)C1. The number of aromatic nitrogens is 1. The van der Waals surface area contributed by atoms with E-state index in [1.807, 2.05) is 24.3 Å². The third-order valence-corrected chi connectivity index (χ3v) is 4.38. The number of carbonyl (C=O) groups excluding carboxylic acids is 1. The number of likely N-dealkylation sites (tertiary alicyclic amines) is 1. The average Bonchev–Trinajstić information content (AvgIpc) is 3.03. The fourth-order valence-electron chi connectivity index (χ4n) is 2.97. The molecule has 1 aromatic heterocycles. The Balaban J connectivity index is 1.66. The van der Waals surface area contributed by atoms with Gasteiger partial charge in [-0.1, -0.05) is 23.7 Å². The molecule has 2 heterocycles. The number of oxazole rings is 1. The molecule has 1 N–H and O–H groups in total. The molecule has 0 radical (unpaired) electrons. The number of halogens is 1. The molecule has 1 amide bonds. The highest BCUT2D eigenvalue weighted by Gasteiger charge is 2.25. The van der Waals surface area contributed by atoms with E-state index < -0.39 is 0 Å². The normalized spacial score (nSPS) is 18.8. The first-order valence-electron chi connectivity index (χ1n) is 7.80. The third kappa shape index (κ3) is 3.92. The summed E-state index contributed by atoms with van der Waals surface area (Å²) in [4.78, 5) is 18.4. The maximum atomic E-state index is 11.8. The van der Waals surface area contributed by atoms with Crippen LogP contribution in [0.3, 0.4) is 0 Å². The Labute approximate surface area is 140 Å². The van der Waals surface area contributed by atoms with Crippen LogP contribution < -0.4 is 5.32 Å². The predicted octanol–water partition coefficient (Wildman–Crippen LogP) is 2.95. The summed E-state index contributed by atoms with van der Waals surface area (Å²) in [6, 6.07) is 7.51. The summed E-state index contributed by atoms with van der Waals surface area (Å²) in [6.07, 6.45) is 3.68. The van der Waals surface area contributed by atoms with Crippen molar-refractivity contribution in [3.63, 3.8) is 0 Å². The largest absolute Gasteiger partial charge is 0.439 e. The molecule has 0 spiro atoms. The molecule has 2 aromatic rings. The van der Waals surface area contributed by atoms with Crippen molar-refractivity contribution in [3.8, 4) is 11.3 Å². The molecule has 1 aliphatic heterocycles. The quantitative estimate of drug-likeness (QED) is 0.934. The van der Waals surface area contributed by atoms with Crippen LogP contribution in [0, 0.1) is 5.92 Å². The molecule has 1 atom stereocenters. The van der Waals surface area contributed by atoms with Crippen LogP contribution in [-0.2, 0) is 11.3 Å². The lowest BCUT2D eigenvalue weighted by atomic mass is 9.97. The first-order chi connectivity index (χ1) is 11.2. The Morgan fingerprint density at radius 3 is 3.17 bits per heavy atom. The summed E-state index contributed by atoms with van der Waals surface area (Å²) in [5, 5.41) is 3.40. The van der Waals surface area contributed by atoms with Crippen molar-refractivity contribution in [2.24, 2.45) is 5.92 Å². The van der Waals surface area contributed by atoms with Crippen LogP contribution >= 0.6 is 11.6 Å². The molecule has 23 heavy (non-hydrogen) atoms. The smallest absolute Gasteiger partial charge is 0.224 e. The van der Waals surface area contributed by atoms with Gasteiger partial charge >= 0.3 is 0 Å². The Hall–Kier alpha value is -1.85. The molecule has 1 aliphatic rings. The van der Waals surface area contributed by atoms with Gasteiger partial charge in [0.2, 0.25) is 11.8 Å². The van der Waals surface area contributed by atoms with Gasteiger partial charge in [0.05, 0.1) is 18.7 Å². The number of piperidine rings is 1. The fraction of sp³-hybridized carbons (Fsp3) is 0.412. The van der Waals surface area contributed by atoms with Gasteiger partial charge < -0.3 is 9.73 Å². The minimum atomic E-state index is 0.0520. The van der Waals surface area contributed by atoms with Crippen LogP contribution in [0.15, 0.2) is 34.9 Å².